The average Bonchev–Trinajstić information content (AvgIpc) is 2.46. The summed E-state index contributed by atoms with van der Waals surface area (Å²) in [5, 5.41) is 1.23. The van der Waals surface area contributed by atoms with Gasteiger partial charge in [-0.3, -0.25) is 16.3 Å². The molecule has 6 heteroatoms. The SMILES string of the molecule is COc1cc(Cl)ccc1C(Cc1ccncc1Cl)NN. The Labute approximate surface area is 127 Å². The maximum absolute atomic E-state index is 6.13. The summed E-state index contributed by atoms with van der Waals surface area (Å²) in [6.45, 7) is 0. The van der Waals surface area contributed by atoms with Crippen LogP contribution in [0.3, 0.4) is 0 Å². The molecule has 0 spiro atoms. The van der Waals surface area contributed by atoms with E-state index in [1.54, 1.807) is 31.6 Å². The van der Waals surface area contributed by atoms with Crippen molar-refractivity contribution in [1.82, 2.24) is 10.4 Å². The van der Waals surface area contributed by atoms with Gasteiger partial charge in [-0.2, -0.15) is 0 Å². The molecule has 1 unspecified atom stereocenters. The molecule has 3 N–H and O–H groups in total. The van der Waals surface area contributed by atoms with E-state index in [1.165, 1.54) is 0 Å². The van der Waals surface area contributed by atoms with E-state index in [2.05, 4.69) is 10.4 Å². The first kappa shape index (κ1) is 15.1. The number of nitrogens with two attached hydrogens (primary N) is 1. The normalized spacial score (nSPS) is 12.2. The number of rotatable bonds is 5. The highest BCUT2D eigenvalue weighted by Crippen LogP contribution is 2.31. The van der Waals surface area contributed by atoms with Crippen LogP contribution in [0.2, 0.25) is 10.0 Å². The van der Waals surface area contributed by atoms with Crippen LogP contribution >= 0.6 is 23.2 Å². The standard InChI is InChI=1S/C14H15Cl2N3O/c1-20-14-7-10(15)2-3-11(14)13(19-17)6-9-4-5-18-8-12(9)16/h2-5,7-8,13,19H,6,17H2,1H3. The number of nitrogens with zero attached hydrogens (tertiary/aromatic N) is 1. The first-order valence-electron chi connectivity index (χ1n) is 6.03. The largest absolute Gasteiger partial charge is 0.496 e. The minimum absolute atomic E-state index is 0.137. The van der Waals surface area contributed by atoms with Crippen molar-refractivity contribution >= 4 is 23.2 Å². The number of hydrogen-bond acceptors (Lipinski definition) is 4. The van der Waals surface area contributed by atoms with Crippen LogP contribution in [-0.2, 0) is 6.42 Å². The molecule has 106 valence electrons. The summed E-state index contributed by atoms with van der Waals surface area (Å²) in [6, 6.07) is 7.19. The van der Waals surface area contributed by atoms with Gasteiger partial charge in [0.2, 0.25) is 0 Å². The predicted molar refractivity (Wildman–Crippen MR) is 81.0 cm³/mol. The van der Waals surface area contributed by atoms with E-state index >= 15 is 0 Å². The quantitative estimate of drug-likeness (QED) is 0.658. The zero-order chi connectivity index (χ0) is 14.5. The Morgan fingerprint density at radius 3 is 2.80 bits per heavy atom. The fourth-order valence-electron chi connectivity index (χ4n) is 2.02. The van der Waals surface area contributed by atoms with Gasteiger partial charge in [0.15, 0.2) is 0 Å². The van der Waals surface area contributed by atoms with Gasteiger partial charge in [0.25, 0.3) is 0 Å². The van der Waals surface area contributed by atoms with Crippen molar-refractivity contribution in [2.45, 2.75) is 12.5 Å². The lowest BCUT2D eigenvalue weighted by atomic mass is 9.99. The van der Waals surface area contributed by atoms with Crippen molar-refractivity contribution < 1.29 is 4.74 Å². The molecule has 0 fully saturated rings. The van der Waals surface area contributed by atoms with Crippen LogP contribution in [0.25, 0.3) is 0 Å². The van der Waals surface area contributed by atoms with E-state index in [0.29, 0.717) is 22.2 Å². The molecule has 0 radical (unpaired) electrons. The Balaban J connectivity index is 2.31. The molecule has 0 aliphatic heterocycles. The second-order valence-corrected chi connectivity index (χ2v) is 5.12. The molecule has 0 saturated heterocycles. The number of methoxy groups -OCH3 is 1. The second kappa shape index (κ2) is 6.90. The second-order valence-electron chi connectivity index (χ2n) is 4.28. The van der Waals surface area contributed by atoms with Gasteiger partial charge in [-0.1, -0.05) is 29.3 Å². The lowest BCUT2D eigenvalue weighted by Gasteiger charge is -2.19. The number of pyridine rings is 1. The van der Waals surface area contributed by atoms with E-state index in [1.807, 2.05) is 12.1 Å². The number of ether oxygens (including phenoxy) is 1. The third-order valence-corrected chi connectivity index (χ3v) is 3.63. The third-order valence-electron chi connectivity index (χ3n) is 3.05. The van der Waals surface area contributed by atoms with E-state index in [-0.39, 0.29) is 6.04 Å². The van der Waals surface area contributed by atoms with Crippen molar-refractivity contribution in [1.29, 1.82) is 0 Å². The van der Waals surface area contributed by atoms with Crippen LogP contribution in [0, 0.1) is 0 Å². The Morgan fingerprint density at radius 1 is 1.35 bits per heavy atom. The van der Waals surface area contributed by atoms with Crippen LogP contribution in [0.1, 0.15) is 17.2 Å². The molecule has 1 aromatic carbocycles. The first-order valence-corrected chi connectivity index (χ1v) is 6.79. The third kappa shape index (κ3) is 3.41. The molecular weight excluding hydrogens is 297 g/mol. The van der Waals surface area contributed by atoms with Crippen molar-refractivity contribution in [2.24, 2.45) is 5.84 Å². The number of nitrogens with one attached hydrogen (secondary N) is 1. The molecule has 2 rings (SSSR count). The Morgan fingerprint density at radius 2 is 2.15 bits per heavy atom. The number of aromatic nitrogens is 1. The zero-order valence-electron chi connectivity index (χ0n) is 10.9. The molecule has 20 heavy (non-hydrogen) atoms. The Kier molecular flexibility index (Phi) is 5.20. The summed E-state index contributed by atoms with van der Waals surface area (Å²) in [7, 11) is 1.60. The molecule has 1 atom stereocenters. The van der Waals surface area contributed by atoms with Gasteiger partial charge in [-0.05, 0) is 30.2 Å². The van der Waals surface area contributed by atoms with Crippen molar-refractivity contribution in [3.63, 3.8) is 0 Å². The van der Waals surface area contributed by atoms with Crippen LogP contribution < -0.4 is 16.0 Å². The molecule has 0 bridgehead atoms. The van der Waals surface area contributed by atoms with Gasteiger partial charge in [-0.15, -0.1) is 0 Å². The van der Waals surface area contributed by atoms with Crippen molar-refractivity contribution in [3.05, 3.63) is 57.8 Å². The van der Waals surface area contributed by atoms with Gasteiger partial charge in [-0.25, -0.2) is 0 Å². The molecule has 4 nitrogen and oxygen atoms in total. The summed E-state index contributed by atoms with van der Waals surface area (Å²) in [6.07, 6.45) is 3.94. The van der Waals surface area contributed by atoms with Crippen LogP contribution in [-0.4, -0.2) is 12.1 Å². The number of hydrazine groups is 1. The molecule has 1 heterocycles. The zero-order valence-corrected chi connectivity index (χ0v) is 12.4. The maximum Gasteiger partial charge on any atom is 0.125 e. The molecule has 1 aromatic heterocycles. The molecular formula is C14H15Cl2N3O. The Hall–Kier alpha value is -1.33. The topological polar surface area (TPSA) is 60.2 Å². The summed E-state index contributed by atoms with van der Waals surface area (Å²) in [5.74, 6) is 6.35. The van der Waals surface area contributed by atoms with E-state index in [0.717, 1.165) is 11.1 Å². The van der Waals surface area contributed by atoms with Crippen LogP contribution in [0.4, 0.5) is 0 Å². The van der Waals surface area contributed by atoms with Crippen LogP contribution in [0.5, 0.6) is 5.75 Å². The molecule has 0 aliphatic carbocycles. The number of hydrogen-bond donors (Lipinski definition) is 2. The lowest BCUT2D eigenvalue weighted by molar-refractivity contribution is 0.399. The summed E-state index contributed by atoms with van der Waals surface area (Å²) in [4.78, 5) is 3.97. The lowest BCUT2D eigenvalue weighted by Crippen LogP contribution is -2.30. The van der Waals surface area contributed by atoms with Gasteiger partial charge in [0.05, 0.1) is 18.2 Å². The maximum atomic E-state index is 6.13. The molecule has 0 saturated carbocycles. The minimum atomic E-state index is -0.137. The molecule has 0 amide bonds. The summed E-state index contributed by atoms with van der Waals surface area (Å²) < 4.78 is 5.35. The molecule has 0 aliphatic rings. The highest BCUT2D eigenvalue weighted by atomic mass is 35.5. The van der Waals surface area contributed by atoms with Gasteiger partial charge in [0.1, 0.15) is 5.75 Å². The first-order chi connectivity index (χ1) is 9.65. The highest BCUT2D eigenvalue weighted by molar-refractivity contribution is 6.31. The Bertz CT molecular complexity index is 592. The smallest absolute Gasteiger partial charge is 0.125 e. The minimum Gasteiger partial charge on any atom is -0.496 e. The van der Waals surface area contributed by atoms with Crippen molar-refractivity contribution in [3.8, 4) is 5.75 Å². The number of halogens is 2. The van der Waals surface area contributed by atoms with Gasteiger partial charge < -0.3 is 4.74 Å². The van der Waals surface area contributed by atoms with Crippen LogP contribution in [0.15, 0.2) is 36.7 Å². The fourth-order valence-corrected chi connectivity index (χ4v) is 2.38. The average molecular weight is 312 g/mol. The van der Waals surface area contributed by atoms with Crippen molar-refractivity contribution in [2.75, 3.05) is 7.11 Å². The monoisotopic (exact) mass is 311 g/mol. The van der Waals surface area contributed by atoms with E-state index in [9.17, 15) is 0 Å². The van der Waals surface area contributed by atoms with Gasteiger partial charge in [0, 0.05) is 23.0 Å². The fraction of sp³-hybridized carbons (Fsp3) is 0.214. The number of benzene rings is 1. The van der Waals surface area contributed by atoms with Gasteiger partial charge >= 0.3 is 0 Å². The summed E-state index contributed by atoms with van der Waals surface area (Å²) >= 11 is 12.1. The molecule has 2 aromatic rings. The summed E-state index contributed by atoms with van der Waals surface area (Å²) in [5.41, 5.74) is 4.67. The predicted octanol–water partition coefficient (Wildman–Crippen LogP) is 3.14. The highest BCUT2D eigenvalue weighted by Gasteiger charge is 2.17. The van der Waals surface area contributed by atoms with E-state index < -0.39 is 0 Å². The van der Waals surface area contributed by atoms with E-state index in [4.69, 9.17) is 33.8 Å².